The zero-order valence-electron chi connectivity index (χ0n) is 21.3. The standard InChI is InChI=1S/C25H32N4O7S/c1-24(2,3)36-23(33)27-11-9-25(10-12-27)14-28(15-25)37(34,35)19-6-4-5-16-17(19)13-29(22(16)32)18-7-8-20(30)26-21(18)31/h4-6,18H,7-15H2,1-3H3,(H,26,30,31). The van der Waals surface area contributed by atoms with Crippen molar-refractivity contribution in [2.75, 3.05) is 26.2 Å². The number of amides is 4. The molecule has 4 aliphatic heterocycles. The van der Waals surface area contributed by atoms with E-state index in [0.29, 0.717) is 44.6 Å². The minimum atomic E-state index is -3.86. The molecular formula is C25H32N4O7S. The van der Waals surface area contributed by atoms with E-state index < -0.39 is 33.5 Å². The minimum absolute atomic E-state index is 0.000319. The third-order valence-corrected chi connectivity index (χ3v) is 9.53. The molecule has 11 nitrogen and oxygen atoms in total. The van der Waals surface area contributed by atoms with E-state index >= 15 is 0 Å². The molecule has 0 aliphatic carbocycles. The lowest BCUT2D eigenvalue weighted by atomic mass is 9.73. The number of hydrogen-bond donors (Lipinski definition) is 1. The number of ether oxygens (including phenoxy) is 1. The fourth-order valence-corrected chi connectivity index (χ4v) is 7.52. The predicted molar refractivity (Wildman–Crippen MR) is 131 cm³/mol. The molecule has 1 atom stereocenters. The molecule has 37 heavy (non-hydrogen) atoms. The van der Waals surface area contributed by atoms with Crippen LogP contribution >= 0.6 is 0 Å². The van der Waals surface area contributed by atoms with Crippen LogP contribution in [0.3, 0.4) is 0 Å². The molecule has 12 heteroatoms. The predicted octanol–water partition coefficient (Wildman–Crippen LogP) is 1.47. The van der Waals surface area contributed by atoms with Gasteiger partial charge in [-0.2, -0.15) is 4.31 Å². The molecule has 1 N–H and O–H groups in total. The van der Waals surface area contributed by atoms with E-state index in [-0.39, 0.29) is 47.3 Å². The van der Waals surface area contributed by atoms with E-state index in [0.717, 1.165) is 0 Å². The maximum Gasteiger partial charge on any atom is 0.410 e. The van der Waals surface area contributed by atoms with Crippen molar-refractivity contribution < 1.29 is 32.3 Å². The smallest absolute Gasteiger partial charge is 0.410 e. The fraction of sp³-hybridized carbons (Fsp3) is 0.600. The number of sulfonamides is 1. The fourth-order valence-electron chi connectivity index (χ4n) is 5.62. The summed E-state index contributed by atoms with van der Waals surface area (Å²) in [4.78, 5) is 52.4. The number of fused-ring (bicyclic) bond motifs is 1. The van der Waals surface area contributed by atoms with Crippen molar-refractivity contribution in [1.82, 2.24) is 19.4 Å². The maximum absolute atomic E-state index is 13.6. The van der Waals surface area contributed by atoms with Crippen LogP contribution in [0, 0.1) is 5.41 Å². The molecule has 1 unspecified atom stereocenters. The van der Waals surface area contributed by atoms with E-state index in [1.54, 1.807) is 17.0 Å². The van der Waals surface area contributed by atoms with Gasteiger partial charge in [0, 0.05) is 55.7 Å². The summed E-state index contributed by atoms with van der Waals surface area (Å²) in [5, 5.41) is 2.26. The van der Waals surface area contributed by atoms with E-state index in [9.17, 15) is 27.6 Å². The first-order chi connectivity index (χ1) is 17.3. The van der Waals surface area contributed by atoms with E-state index in [2.05, 4.69) is 5.32 Å². The summed E-state index contributed by atoms with van der Waals surface area (Å²) in [7, 11) is -3.86. The Balaban J connectivity index is 1.27. The maximum atomic E-state index is 13.6. The second kappa shape index (κ2) is 8.80. The molecule has 5 rings (SSSR count). The van der Waals surface area contributed by atoms with Gasteiger partial charge in [-0.3, -0.25) is 19.7 Å². The Labute approximate surface area is 216 Å². The molecule has 0 saturated carbocycles. The van der Waals surface area contributed by atoms with Gasteiger partial charge in [-0.05, 0) is 52.2 Å². The van der Waals surface area contributed by atoms with Gasteiger partial charge in [0.1, 0.15) is 11.6 Å². The SMILES string of the molecule is CC(C)(C)OC(=O)N1CCC2(CC1)CN(S(=O)(=O)c1cccc3c1CN(C1CCC(=O)NC1=O)C3=O)C2. The lowest BCUT2D eigenvalue weighted by Gasteiger charge is -2.53. The van der Waals surface area contributed by atoms with Gasteiger partial charge in [0.05, 0.1) is 4.90 Å². The molecule has 1 aromatic carbocycles. The Kier molecular flexibility index (Phi) is 6.10. The number of nitrogens with one attached hydrogen (secondary N) is 1. The summed E-state index contributed by atoms with van der Waals surface area (Å²) in [6.07, 6.45) is 1.36. The van der Waals surface area contributed by atoms with Crippen molar-refractivity contribution in [3.63, 3.8) is 0 Å². The summed E-state index contributed by atoms with van der Waals surface area (Å²) < 4.78 is 34.1. The van der Waals surface area contributed by atoms with Crippen LogP contribution in [0.5, 0.6) is 0 Å². The summed E-state index contributed by atoms with van der Waals surface area (Å²) >= 11 is 0. The molecule has 4 heterocycles. The van der Waals surface area contributed by atoms with Crippen LogP contribution in [0.1, 0.15) is 62.4 Å². The number of piperidine rings is 2. The van der Waals surface area contributed by atoms with Crippen LogP contribution in [0.25, 0.3) is 0 Å². The van der Waals surface area contributed by atoms with Crippen LogP contribution in [0.2, 0.25) is 0 Å². The summed E-state index contributed by atoms with van der Waals surface area (Å²) in [5.74, 6) is -1.32. The van der Waals surface area contributed by atoms with Crippen LogP contribution in [-0.2, 0) is 30.9 Å². The molecule has 3 fully saturated rings. The number of nitrogens with zero attached hydrogens (tertiary/aromatic N) is 3. The molecule has 3 saturated heterocycles. The van der Waals surface area contributed by atoms with Gasteiger partial charge in [-0.1, -0.05) is 6.07 Å². The van der Waals surface area contributed by atoms with Crippen molar-refractivity contribution in [2.45, 2.75) is 69.5 Å². The molecule has 4 amide bonds. The van der Waals surface area contributed by atoms with Crippen LogP contribution in [0.15, 0.2) is 23.1 Å². The van der Waals surface area contributed by atoms with Gasteiger partial charge in [0.2, 0.25) is 21.8 Å². The van der Waals surface area contributed by atoms with E-state index in [1.165, 1.54) is 15.3 Å². The van der Waals surface area contributed by atoms with Gasteiger partial charge in [0.25, 0.3) is 5.91 Å². The molecular weight excluding hydrogens is 500 g/mol. The highest BCUT2D eigenvalue weighted by molar-refractivity contribution is 7.89. The number of carbonyl (C=O) groups is 4. The normalized spacial score (nSPS) is 24.1. The van der Waals surface area contributed by atoms with Crippen LogP contribution in [0.4, 0.5) is 4.79 Å². The number of hydrogen-bond acceptors (Lipinski definition) is 7. The van der Waals surface area contributed by atoms with E-state index in [4.69, 9.17) is 4.74 Å². The Morgan fingerprint density at radius 2 is 1.78 bits per heavy atom. The number of benzene rings is 1. The highest BCUT2D eigenvalue weighted by Crippen LogP contribution is 2.44. The summed E-state index contributed by atoms with van der Waals surface area (Å²) in [5.41, 5.74) is -0.0962. The molecule has 200 valence electrons. The van der Waals surface area contributed by atoms with Gasteiger partial charge in [-0.15, -0.1) is 0 Å². The monoisotopic (exact) mass is 532 g/mol. The number of rotatable bonds is 3. The zero-order chi connectivity index (χ0) is 26.8. The average molecular weight is 533 g/mol. The van der Waals surface area contributed by atoms with Crippen molar-refractivity contribution in [1.29, 1.82) is 0 Å². The first-order valence-electron chi connectivity index (χ1n) is 12.5. The zero-order valence-corrected chi connectivity index (χ0v) is 22.1. The second-order valence-corrected chi connectivity index (χ2v) is 13.3. The van der Waals surface area contributed by atoms with Crippen LogP contribution in [-0.4, -0.2) is 84.2 Å². The van der Waals surface area contributed by atoms with Crippen molar-refractivity contribution in [3.8, 4) is 0 Å². The topological polar surface area (TPSA) is 133 Å². The van der Waals surface area contributed by atoms with Gasteiger partial charge in [-0.25, -0.2) is 13.2 Å². The third-order valence-electron chi connectivity index (χ3n) is 7.66. The summed E-state index contributed by atoms with van der Waals surface area (Å²) in [6.45, 7) is 7.20. The Morgan fingerprint density at radius 3 is 2.41 bits per heavy atom. The molecule has 4 aliphatic rings. The molecule has 1 spiro atoms. The van der Waals surface area contributed by atoms with Crippen LogP contribution < -0.4 is 5.32 Å². The average Bonchev–Trinajstić information content (AvgIpc) is 3.12. The quantitative estimate of drug-likeness (QED) is 0.583. The van der Waals surface area contributed by atoms with Crippen molar-refractivity contribution >= 4 is 33.8 Å². The van der Waals surface area contributed by atoms with E-state index in [1.807, 2.05) is 20.8 Å². The molecule has 1 aromatic rings. The summed E-state index contributed by atoms with van der Waals surface area (Å²) in [6, 6.07) is 3.82. The van der Waals surface area contributed by atoms with Gasteiger partial charge < -0.3 is 14.5 Å². The lowest BCUT2D eigenvalue weighted by molar-refractivity contribution is -0.136. The lowest BCUT2D eigenvalue weighted by Crippen LogP contribution is -2.62. The first-order valence-corrected chi connectivity index (χ1v) is 14.0. The number of carbonyl (C=O) groups excluding carboxylic acids is 4. The second-order valence-electron chi connectivity index (χ2n) is 11.4. The van der Waals surface area contributed by atoms with Crippen molar-refractivity contribution in [3.05, 3.63) is 29.3 Å². The molecule has 0 radical (unpaired) electrons. The Bertz CT molecular complexity index is 1270. The molecule has 0 aromatic heterocycles. The van der Waals surface area contributed by atoms with Gasteiger partial charge in [0.15, 0.2) is 0 Å². The number of imide groups is 1. The Hall–Kier alpha value is -2.99. The first kappa shape index (κ1) is 25.7. The Morgan fingerprint density at radius 1 is 1.11 bits per heavy atom. The highest BCUT2D eigenvalue weighted by Gasteiger charge is 2.51. The third kappa shape index (κ3) is 4.61. The molecule has 0 bridgehead atoms. The number of likely N-dealkylation sites (tertiary alicyclic amines) is 1. The minimum Gasteiger partial charge on any atom is -0.444 e. The highest BCUT2D eigenvalue weighted by atomic mass is 32.2. The van der Waals surface area contributed by atoms with Gasteiger partial charge >= 0.3 is 6.09 Å². The largest absolute Gasteiger partial charge is 0.444 e. The van der Waals surface area contributed by atoms with Crippen molar-refractivity contribution in [2.24, 2.45) is 5.41 Å².